The summed E-state index contributed by atoms with van der Waals surface area (Å²) in [7, 11) is 0. The Balaban J connectivity index is 1.78. The van der Waals surface area contributed by atoms with Gasteiger partial charge in [0.2, 0.25) is 5.91 Å². The van der Waals surface area contributed by atoms with Gasteiger partial charge in [-0.2, -0.15) is 23.4 Å². The lowest BCUT2D eigenvalue weighted by Crippen LogP contribution is -2.21. The number of benzene rings is 1. The minimum atomic E-state index is -4.62. The average Bonchev–Trinajstić information content (AvgIpc) is 3.09. The topological polar surface area (TPSA) is 64.7 Å². The predicted molar refractivity (Wildman–Crippen MR) is 116 cm³/mol. The normalized spacial score (nSPS) is 11.8. The molecule has 0 bridgehead atoms. The Morgan fingerprint density at radius 3 is 2.39 bits per heavy atom. The molecule has 31 heavy (non-hydrogen) atoms. The number of nitrogens with one attached hydrogen (secondary N) is 1. The largest absolute Gasteiger partial charge is 0.436 e. The number of nitrogens with zero attached hydrogens (tertiary/aromatic N) is 4. The van der Waals surface area contributed by atoms with E-state index >= 15 is 0 Å². The van der Waals surface area contributed by atoms with E-state index in [9.17, 15) is 18.0 Å². The summed E-state index contributed by atoms with van der Waals surface area (Å²) >= 11 is 15.0. The Kier molecular flexibility index (Phi) is 6.73. The molecule has 0 aliphatic heterocycles. The summed E-state index contributed by atoms with van der Waals surface area (Å²) in [6.07, 6.45) is -4.62. The third-order valence-electron chi connectivity index (χ3n) is 4.68. The standard InChI is InChI=1S/C19H17BrCl2F3N5O/c1-9-17(11(3)29(27-9)7-12-4-5-13(21)6-14(12)22)26-15(31)8-30-10(2)16(20)18(28-30)19(23,24)25/h4-6H,7-8H2,1-3H3,(H,26,31). The Hall–Kier alpha value is -2.04. The highest BCUT2D eigenvalue weighted by molar-refractivity contribution is 9.10. The van der Waals surface area contributed by atoms with Gasteiger partial charge in [-0.3, -0.25) is 14.2 Å². The maximum absolute atomic E-state index is 13.0. The predicted octanol–water partition coefficient (Wildman–Crippen LogP) is 5.78. The molecular weight excluding hydrogens is 522 g/mol. The van der Waals surface area contributed by atoms with Crippen molar-refractivity contribution in [1.29, 1.82) is 0 Å². The van der Waals surface area contributed by atoms with Crippen LogP contribution < -0.4 is 5.32 Å². The van der Waals surface area contributed by atoms with Crippen molar-refractivity contribution in [2.75, 3.05) is 5.32 Å². The van der Waals surface area contributed by atoms with Crippen LogP contribution in [0.5, 0.6) is 0 Å². The molecule has 1 N–H and O–H groups in total. The van der Waals surface area contributed by atoms with Gasteiger partial charge in [-0.15, -0.1) is 0 Å². The Bertz CT molecular complexity index is 1160. The lowest BCUT2D eigenvalue weighted by Gasteiger charge is -2.09. The third-order valence-corrected chi connectivity index (χ3v) is 6.21. The molecule has 0 radical (unpaired) electrons. The second kappa shape index (κ2) is 8.84. The minimum Gasteiger partial charge on any atom is -0.321 e. The van der Waals surface area contributed by atoms with Gasteiger partial charge in [0.05, 0.1) is 33.8 Å². The zero-order chi connectivity index (χ0) is 23.1. The Morgan fingerprint density at radius 1 is 1.13 bits per heavy atom. The van der Waals surface area contributed by atoms with Crippen LogP contribution in [0.1, 0.15) is 28.3 Å². The minimum absolute atomic E-state index is 0.187. The van der Waals surface area contributed by atoms with Crippen molar-refractivity contribution in [2.45, 2.75) is 40.0 Å². The number of rotatable bonds is 5. The summed E-state index contributed by atoms with van der Waals surface area (Å²) in [5.74, 6) is -0.526. The first-order valence-electron chi connectivity index (χ1n) is 8.96. The van der Waals surface area contributed by atoms with E-state index in [0.717, 1.165) is 10.2 Å². The van der Waals surface area contributed by atoms with Crippen LogP contribution >= 0.6 is 39.1 Å². The van der Waals surface area contributed by atoms with Crippen LogP contribution in [0, 0.1) is 20.8 Å². The summed E-state index contributed by atoms with van der Waals surface area (Å²) in [4.78, 5) is 12.5. The van der Waals surface area contributed by atoms with Gasteiger partial charge >= 0.3 is 6.18 Å². The van der Waals surface area contributed by atoms with Gasteiger partial charge in [0.25, 0.3) is 0 Å². The highest BCUT2D eigenvalue weighted by atomic mass is 79.9. The summed E-state index contributed by atoms with van der Waals surface area (Å²) in [6, 6.07) is 5.14. The summed E-state index contributed by atoms with van der Waals surface area (Å²) in [5.41, 5.74) is 1.64. The van der Waals surface area contributed by atoms with Gasteiger partial charge in [-0.25, -0.2) is 0 Å². The second-order valence-electron chi connectivity index (χ2n) is 6.89. The molecule has 0 fully saturated rings. The molecular formula is C19H17BrCl2F3N5O. The fourth-order valence-electron chi connectivity index (χ4n) is 3.02. The SMILES string of the molecule is Cc1nn(Cc2ccc(Cl)cc2Cl)c(C)c1NC(=O)Cn1nc(C(F)(F)F)c(Br)c1C. The molecule has 0 spiro atoms. The van der Waals surface area contributed by atoms with Gasteiger partial charge < -0.3 is 5.32 Å². The first kappa shape index (κ1) is 23.6. The number of carbonyl (C=O) groups is 1. The molecule has 0 saturated carbocycles. The van der Waals surface area contributed by atoms with E-state index in [4.69, 9.17) is 23.2 Å². The van der Waals surface area contributed by atoms with Gasteiger partial charge in [-0.1, -0.05) is 29.3 Å². The quantitative estimate of drug-likeness (QED) is 0.448. The number of aryl methyl sites for hydroxylation is 1. The molecule has 2 heterocycles. The molecule has 0 aliphatic rings. The number of hydrogen-bond acceptors (Lipinski definition) is 3. The molecule has 1 aromatic carbocycles. The van der Waals surface area contributed by atoms with Crippen molar-refractivity contribution in [1.82, 2.24) is 19.6 Å². The number of halogens is 6. The van der Waals surface area contributed by atoms with Crippen molar-refractivity contribution in [3.63, 3.8) is 0 Å². The lowest BCUT2D eigenvalue weighted by molar-refractivity contribution is -0.142. The van der Waals surface area contributed by atoms with E-state index in [1.54, 1.807) is 36.7 Å². The van der Waals surface area contributed by atoms with Crippen LogP contribution in [-0.2, 0) is 24.1 Å². The molecule has 0 saturated heterocycles. The van der Waals surface area contributed by atoms with E-state index < -0.39 is 17.8 Å². The van der Waals surface area contributed by atoms with E-state index in [2.05, 4.69) is 31.4 Å². The van der Waals surface area contributed by atoms with Crippen molar-refractivity contribution in [3.8, 4) is 0 Å². The first-order chi connectivity index (χ1) is 14.4. The van der Waals surface area contributed by atoms with E-state index in [1.807, 2.05) is 0 Å². The molecule has 1 amide bonds. The molecule has 0 aliphatic carbocycles. The highest BCUT2D eigenvalue weighted by Gasteiger charge is 2.38. The van der Waals surface area contributed by atoms with Gasteiger partial charge in [0.1, 0.15) is 6.54 Å². The number of anilines is 1. The fraction of sp³-hybridized carbons (Fsp3) is 0.316. The van der Waals surface area contributed by atoms with Crippen LogP contribution in [0.4, 0.5) is 18.9 Å². The molecule has 6 nitrogen and oxygen atoms in total. The number of hydrogen-bond donors (Lipinski definition) is 1. The van der Waals surface area contributed by atoms with Gasteiger partial charge in [-0.05, 0) is 54.4 Å². The van der Waals surface area contributed by atoms with E-state index in [0.29, 0.717) is 33.7 Å². The molecule has 0 unspecified atom stereocenters. The molecule has 12 heteroatoms. The summed E-state index contributed by atoms with van der Waals surface area (Å²) in [6.45, 7) is 4.92. The van der Waals surface area contributed by atoms with Crippen molar-refractivity contribution < 1.29 is 18.0 Å². The molecule has 166 valence electrons. The molecule has 0 atom stereocenters. The first-order valence-corrected chi connectivity index (χ1v) is 10.5. The number of aromatic nitrogens is 4. The Morgan fingerprint density at radius 2 is 1.81 bits per heavy atom. The van der Waals surface area contributed by atoms with E-state index in [-0.39, 0.29) is 16.7 Å². The number of carbonyl (C=O) groups excluding carboxylic acids is 1. The van der Waals surface area contributed by atoms with Crippen molar-refractivity contribution >= 4 is 50.7 Å². The van der Waals surface area contributed by atoms with Crippen LogP contribution in [0.15, 0.2) is 22.7 Å². The number of amides is 1. The smallest absolute Gasteiger partial charge is 0.321 e. The number of alkyl halides is 3. The zero-order valence-corrected chi connectivity index (χ0v) is 19.7. The van der Waals surface area contributed by atoms with Crippen LogP contribution in [-0.4, -0.2) is 25.5 Å². The van der Waals surface area contributed by atoms with Crippen molar-refractivity contribution in [3.05, 3.63) is 61.1 Å². The van der Waals surface area contributed by atoms with Crippen LogP contribution in [0.25, 0.3) is 0 Å². The fourth-order valence-corrected chi connectivity index (χ4v) is 3.99. The van der Waals surface area contributed by atoms with Crippen LogP contribution in [0.2, 0.25) is 10.0 Å². The maximum atomic E-state index is 13.0. The zero-order valence-electron chi connectivity index (χ0n) is 16.6. The van der Waals surface area contributed by atoms with Crippen LogP contribution in [0.3, 0.4) is 0 Å². The molecule has 2 aromatic heterocycles. The average molecular weight is 539 g/mol. The van der Waals surface area contributed by atoms with Gasteiger partial charge in [0.15, 0.2) is 5.69 Å². The van der Waals surface area contributed by atoms with E-state index in [1.165, 1.54) is 6.92 Å². The monoisotopic (exact) mass is 537 g/mol. The summed E-state index contributed by atoms with van der Waals surface area (Å²) < 4.78 is 41.6. The Labute approximate surface area is 194 Å². The molecule has 3 rings (SSSR count). The summed E-state index contributed by atoms with van der Waals surface area (Å²) in [5, 5.41) is 11.7. The highest BCUT2D eigenvalue weighted by Crippen LogP contribution is 2.35. The van der Waals surface area contributed by atoms with Gasteiger partial charge in [0, 0.05) is 10.0 Å². The molecule has 3 aromatic rings. The van der Waals surface area contributed by atoms with Crippen molar-refractivity contribution in [2.24, 2.45) is 0 Å². The second-order valence-corrected chi connectivity index (χ2v) is 8.53. The third kappa shape index (κ3) is 5.07. The maximum Gasteiger partial charge on any atom is 0.436 e. The lowest BCUT2D eigenvalue weighted by atomic mass is 10.2.